The van der Waals surface area contributed by atoms with Crippen LogP contribution in [-0.2, 0) is 6.54 Å². The van der Waals surface area contributed by atoms with E-state index in [0.29, 0.717) is 19.6 Å². The van der Waals surface area contributed by atoms with Crippen molar-refractivity contribution < 1.29 is 4.79 Å². The summed E-state index contributed by atoms with van der Waals surface area (Å²) in [4.78, 5) is 17.3. The van der Waals surface area contributed by atoms with Crippen molar-refractivity contribution in [2.45, 2.75) is 6.54 Å². The fourth-order valence-corrected chi connectivity index (χ4v) is 3.71. The van der Waals surface area contributed by atoms with Crippen LogP contribution in [0.3, 0.4) is 0 Å². The van der Waals surface area contributed by atoms with Crippen LogP contribution < -0.4 is 4.90 Å². The van der Waals surface area contributed by atoms with Gasteiger partial charge in [-0.2, -0.15) is 0 Å². The summed E-state index contributed by atoms with van der Waals surface area (Å²) >= 11 is 6.10. The summed E-state index contributed by atoms with van der Waals surface area (Å²) in [5, 5.41) is 0.741. The van der Waals surface area contributed by atoms with Gasteiger partial charge < -0.3 is 14.4 Å². The van der Waals surface area contributed by atoms with E-state index in [9.17, 15) is 4.79 Å². The molecule has 4 rings (SSSR count). The number of halogens is 1. The van der Waals surface area contributed by atoms with E-state index < -0.39 is 0 Å². The Labute approximate surface area is 164 Å². The van der Waals surface area contributed by atoms with Crippen molar-refractivity contribution in [3.8, 4) is 0 Å². The van der Waals surface area contributed by atoms with E-state index in [1.54, 1.807) is 0 Å². The highest BCUT2D eigenvalue weighted by atomic mass is 35.5. The monoisotopic (exact) mass is 379 g/mol. The summed E-state index contributed by atoms with van der Waals surface area (Å²) in [6, 6.07) is 22.0. The van der Waals surface area contributed by atoms with Crippen molar-refractivity contribution in [1.82, 2.24) is 9.47 Å². The molecule has 1 amide bonds. The summed E-state index contributed by atoms with van der Waals surface area (Å²) < 4.78 is 2.03. The van der Waals surface area contributed by atoms with Gasteiger partial charge in [0.1, 0.15) is 5.69 Å². The molecule has 0 atom stereocenters. The standard InChI is InChI=1S/C22H22ClN3O/c23-19-8-4-9-20(16-19)24-12-14-25(15-13-24)22(27)21-10-5-11-26(21)17-18-6-2-1-3-7-18/h1-11,16H,12-15,17H2. The lowest BCUT2D eigenvalue weighted by Gasteiger charge is -2.36. The number of hydrogen-bond donors (Lipinski definition) is 0. The Bertz CT molecular complexity index is 914. The number of aromatic nitrogens is 1. The molecule has 0 unspecified atom stereocenters. The Hall–Kier alpha value is -2.72. The van der Waals surface area contributed by atoms with E-state index in [-0.39, 0.29) is 5.91 Å². The molecule has 0 aliphatic carbocycles. The van der Waals surface area contributed by atoms with Gasteiger partial charge in [-0.25, -0.2) is 0 Å². The maximum Gasteiger partial charge on any atom is 0.270 e. The van der Waals surface area contributed by atoms with Gasteiger partial charge in [0, 0.05) is 49.6 Å². The first-order chi connectivity index (χ1) is 13.2. The highest BCUT2D eigenvalue weighted by Crippen LogP contribution is 2.21. The number of hydrogen-bond acceptors (Lipinski definition) is 2. The number of nitrogens with zero attached hydrogens (tertiary/aromatic N) is 3. The molecule has 138 valence electrons. The molecule has 0 saturated carbocycles. The van der Waals surface area contributed by atoms with Crippen LogP contribution in [0.2, 0.25) is 5.02 Å². The van der Waals surface area contributed by atoms with Crippen LogP contribution in [0.1, 0.15) is 16.1 Å². The lowest BCUT2D eigenvalue weighted by atomic mass is 10.2. The Balaban J connectivity index is 1.42. The van der Waals surface area contributed by atoms with E-state index in [4.69, 9.17) is 11.6 Å². The second-order valence-electron chi connectivity index (χ2n) is 6.77. The van der Waals surface area contributed by atoms with Gasteiger partial charge in [0.15, 0.2) is 0 Å². The number of amides is 1. The zero-order chi connectivity index (χ0) is 18.6. The van der Waals surface area contributed by atoms with Crippen molar-refractivity contribution in [1.29, 1.82) is 0 Å². The molecule has 3 aromatic rings. The molecule has 5 heteroatoms. The molecule has 4 nitrogen and oxygen atoms in total. The minimum absolute atomic E-state index is 0.0988. The Morgan fingerprint density at radius 3 is 2.41 bits per heavy atom. The first-order valence-electron chi connectivity index (χ1n) is 9.19. The van der Waals surface area contributed by atoms with Crippen LogP contribution in [0.25, 0.3) is 0 Å². The number of anilines is 1. The van der Waals surface area contributed by atoms with Gasteiger partial charge in [0.25, 0.3) is 5.91 Å². The van der Waals surface area contributed by atoms with Crippen LogP contribution in [0.4, 0.5) is 5.69 Å². The van der Waals surface area contributed by atoms with Crippen molar-refractivity contribution in [2.24, 2.45) is 0 Å². The van der Waals surface area contributed by atoms with Crippen LogP contribution in [0.5, 0.6) is 0 Å². The maximum atomic E-state index is 13.0. The lowest BCUT2D eigenvalue weighted by molar-refractivity contribution is 0.0736. The molecule has 27 heavy (non-hydrogen) atoms. The Morgan fingerprint density at radius 1 is 0.889 bits per heavy atom. The van der Waals surface area contributed by atoms with E-state index in [1.165, 1.54) is 5.56 Å². The molecular weight excluding hydrogens is 358 g/mol. The van der Waals surface area contributed by atoms with E-state index >= 15 is 0 Å². The van der Waals surface area contributed by atoms with Crippen LogP contribution >= 0.6 is 11.6 Å². The number of piperazine rings is 1. The number of carbonyl (C=O) groups is 1. The number of carbonyl (C=O) groups excluding carboxylic acids is 1. The third-order valence-electron chi connectivity index (χ3n) is 4.98. The molecule has 0 radical (unpaired) electrons. The second kappa shape index (κ2) is 7.89. The van der Waals surface area contributed by atoms with Crippen LogP contribution in [0, 0.1) is 0 Å². The molecule has 1 saturated heterocycles. The number of rotatable bonds is 4. The van der Waals surface area contributed by atoms with Crippen molar-refractivity contribution in [2.75, 3.05) is 31.1 Å². The molecule has 0 spiro atoms. The fourth-order valence-electron chi connectivity index (χ4n) is 3.53. The van der Waals surface area contributed by atoms with Gasteiger partial charge in [-0.15, -0.1) is 0 Å². The predicted octanol–water partition coefficient (Wildman–Crippen LogP) is 4.15. The molecule has 1 aliphatic rings. The molecular formula is C22H22ClN3O. The minimum atomic E-state index is 0.0988. The molecule has 0 bridgehead atoms. The van der Waals surface area contributed by atoms with Gasteiger partial charge in [0.2, 0.25) is 0 Å². The van der Waals surface area contributed by atoms with E-state index in [2.05, 4.69) is 23.1 Å². The van der Waals surface area contributed by atoms with Gasteiger partial charge in [0.05, 0.1) is 0 Å². The van der Waals surface area contributed by atoms with Crippen molar-refractivity contribution >= 4 is 23.2 Å². The molecule has 1 aromatic heterocycles. The normalized spacial score (nSPS) is 14.4. The topological polar surface area (TPSA) is 28.5 Å². The Kier molecular flexibility index (Phi) is 5.16. The average Bonchev–Trinajstić information content (AvgIpc) is 3.16. The summed E-state index contributed by atoms with van der Waals surface area (Å²) in [6.45, 7) is 3.75. The van der Waals surface area contributed by atoms with Gasteiger partial charge in [-0.3, -0.25) is 4.79 Å². The summed E-state index contributed by atoms with van der Waals surface area (Å²) in [5.41, 5.74) is 3.05. The first-order valence-corrected chi connectivity index (χ1v) is 9.57. The molecule has 1 fully saturated rings. The van der Waals surface area contributed by atoms with Crippen LogP contribution in [0.15, 0.2) is 72.9 Å². The van der Waals surface area contributed by atoms with Gasteiger partial charge in [-0.05, 0) is 35.9 Å². The van der Waals surface area contributed by atoms with Crippen LogP contribution in [-0.4, -0.2) is 41.6 Å². The third-order valence-corrected chi connectivity index (χ3v) is 5.22. The molecule has 1 aliphatic heterocycles. The molecule has 2 aromatic carbocycles. The zero-order valence-electron chi connectivity index (χ0n) is 15.1. The third kappa shape index (κ3) is 4.01. The largest absolute Gasteiger partial charge is 0.368 e. The van der Waals surface area contributed by atoms with Crippen molar-refractivity contribution in [3.63, 3.8) is 0 Å². The summed E-state index contributed by atoms with van der Waals surface area (Å²) in [5.74, 6) is 0.0988. The summed E-state index contributed by atoms with van der Waals surface area (Å²) in [6.07, 6.45) is 1.97. The lowest BCUT2D eigenvalue weighted by Crippen LogP contribution is -2.49. The predicted molar refractivity (Wildman–Crippen MR) is 110 cm³/mol. The fraction of sp³-hybridized carbons (Fsp3) is 0.227. The average molecular weight is 380 g/mol. The zero-order valence-corrected chi connectivity index (χ0v) is 15.8. The second-order valence-corrected chi connectivity index (χ2v) is 7.20. The van der Waals surface area contributed by atoms with E-state index in [1.807, 2.05) is 64.2 Å². The Morgan fingerprint density at radius 2 is 1.67 bits per heavy atom. The van der Waals surface area contributed by atoms with Crippen molar-refractivity contribution in [3.05, 3.63) is 89.2 Å². The SMILES string of the molecule is O=C(c1cccn1Cc1ccccc1)N1CCN(c2cccc(Cl)c2)CC1. The van der Waals surface area contributed by atoms with Gasteiger partial charge in [-0.1, -0.05) is 48.0 Å². The first kappa shape index (κ1) is 17.7. The maximum absolute atomic E-state index is 13.0. The van der Waals surface area contributed by atoms with Gasteiger partial charge >= 0.3 is 0 Å². The summed E-state index contributed by atoms with van der Waals surface area (Å²) in [7, 11) is 0. The molecule has 2 heterocycles. The highest BCUT2D eigenvalue weighted by Gasteiger charge is 2.24. The van der Waals surface area contributed by atoms with E-state index in [0.717, 1.165) is 29.5 Å². The smallest absolute Gasteiger partial charge is 0.270 e. The number of benzene rings is 2. The molecule has 0 N–H and O–H groups in total. The minimum Gasteiger partial charge on any atom is -0.368 e. The quantitative estimate of drug-likeness (QED) is 0.681. The highest BCUT2D eigenvalue weighted by molar-refractivity contribution is 6.30.